The van der Waals surface area contributed by atoms with E-state index in [9.17, 15) is 14.4 Å². The van der Waals surface area contributed by atoms with Crippen LogP contribution in [0.4, 0.5) is 0 Å². The van der Waals surface area contributed by atoms with E-state index in [1.165, 1.54) is 0 Å². The molecular weight excluding hydrogens is 264 g/mol. The van der Waals surface area contributed by atoms with E-state index in [2.05, 4.69) is 5.32 Å². The van der Waals surface area contributed by atoms with Crippen LogP contribution in [0.25, 0.3) is 0 Å². The van der Waals surface area contributed by atoms with Crippen molar-refractivity contribution in [3.8, 4) is 0 Å². The largest absolute Gasteiger partial charge is 0.379 e. The van der Waals surface area contributed by atoms with Gasteiger partial charge < -0.3 is 14.8 Å². The summed E-state index contributed by atoms with van der Waals surface area (Å²) in [6.07, 6.45) is 0.651. The molecule has 1 aliphatic heterocycles. The van der Waals surface area contributed by atoms with Crippen molar-refractivity contribution in [2.24, 2.45) is 0 Å². The Bertz CT molecular complexity index is 330. The molecule has 7 nitrogen and oxygen atoms in total. The van der Waals surface area contributed by atoms with Crippen LogP contribution in [0.5, 0.6) is 0 Å². The summed E-state index contributed by atoms with van der Waals surface area (Å²) in [5, 5.41) is 2.67. The van der Waals surface area contributed by atoms with Crippen LogP contribution in [0.3, 0.4) is 0 Å². The molecule has 1 rings (SSSR count). The van der Waals surface area contributed by atoms with Crippen LogP contribution in [-0.2, 0) is 23.9 Å². The van der Waals surface area contributed by atoms with Gasteiger partial charge in [-0.1, -0.05) is 0 Å². The number of nitrogens with one attached hydrogen (secondary N) is 1. The fraction of sp³-hybridized carbons (Fsp3) is 0.769. The van der Waals surface area contributed by atoms with Crippen molar-refractivity contribution < 1.29 is 23.9 Å². The summed E-state index contributed by atoms with van der Waals surface area (Å²) in [6, 6.07) is 0. The first kappa shape index (κ1) is 16.6. The number of likely N-dealkylation sites (tertiary alicyclic amines) is 1. The van der Waals surface area contributed by atoms with Gasteiger partial charge in [0, 0.05) is 39.0 Å². The number of rotatable bonds is 10. The highest BCUT2D eigenvalue weighted by molar-refractivity contribution is 6.02. The number of amides is 3. The molecule has 0 bridgehead atoms. The second-order valence-electron chi connectivity index (χ2n) is 4.35. The highest BCUT2D eigenvalue weighted by Gasteiger charge is 2.28. The first-order chi connectivity index (χ1) is 9.65. The van der Waals surface area contributed by atoms with E-state index in [4.69, 9.17) is 9.47 Å². The van der Waals surface area contributed by atoms with Crippen molar-refractivity contribution >= 4 is 17.7 Å². The van der Waals surface area contributed by atoms with E-state index in [-0.39, 0.29) is 43.5 Å². The standard InChI is InChI=1S/C13H22N2O5/c1-2-19-9-10-20-8-6-14-11(16)5-7-15-12(17)3-4-13(15)18/h2-10H2,1H3,(H,14,16). The van der Waals surface area contributed by atoms with Crippen LogP contribution in [0, 0.1) is 0 Å². The van der Waals surface area contributed by atoms with E-state index in [0.29, 0.717) is 33.0 Å². The Morgan fingerprint density at radius 3 is 2.45 bits per heavy atom. The maximum Gasteiger partial charge on any atom is 0.229 e. The number of nitrogens with zero attached hydrogens (tertiary/aromatic N) is 1. The average Bonchev–Trinajstić information content (AvgIpc) is 2.75. The number of hydrogen-bond acceptors (Lipinski definition) is 5. The molecule has 0 atom stereocenters. The minimum Gasteiger partial charge on any atom is -0.379 e. The normalized spacial score (nSPS) is 14.9. The van der Waals surface area contributed by atoms with Crippen LogP contribution in [0.1, 0.15) is 26.2 Å². The zero-order valence-electron chi connectivity index (χ0n) is 11.9. The zero-order valence-corrected chi connectivity index (χ0v) is 11.9. The zero-order chi connectivity index (χ0) is 14.8. The summed E-state index contributed by atoms with van der Waals surface area (Å²) in [5.74, 6) is -0.574. The maximum atomic E-state index is 11.5. The quantitative estimate of drug-likeness (QED) is 0.440. The van der Waals surface area contributed by atoms with E-state index < -0.39 is 0 Å². The van der Waals surface area contributed by atoms with Crippen molar-refractivity contribution in [2.75, 3.05) is 39.5 Å². The van der Waals surface area contributed by atoms with Gasteiger partial charge in [-0.25, -0.2) is 0 Å². The van der Waals surface area contributed by atoms with Gasteiger partial charge in [-0.05, 0) is 6.92 Å². The van der Waals surface area contributed by atoms with Gasteiger partial charge in [0.05, 0.1) is 19.8 Å². The van der Waals surface area contributed by atoms with Gasteiger partial charge in [0.1, 0.15) is 0 Å². The monoisotopic (exact) mass is 286 g/mol. The van der Waals surface area contributed by atoms with Gasteiger partial charge in [-0.2, -0.15) is 0 Å². The molecule has 3 amide bonds. The molecule has 0 saturated carbocycles. The summed E-state index contributed by atoms with van der Waals surface area (Å²) in [6.45, 7) is 4.61. The van der Waals surface area contributed by atoms with Gasteiger partial charge in [-0.15, -0.1) is 0 Å². The summed E-state index contributed by atoms with van der Waals surface area (Å²) < 4.78 is 10.3. The Kier molecular flexibility index (Phi) is 7.82. The second-order valence-corrected chi connectivity index (χ2v) is 4.35. The van der Waals surface area contributed by atoms with Crippen LogP contribution < -0.4 is 5.32 Å². The number of ether oxygens (including phenoxy) is 2. The molecule has 0 spiro atoms. The molecular formula is C13H22N2O5. The fourth-order valence-corrected chi connectivity index (χ4v) is 1.80. The third kappa shape index (κ3) is 6.12. The molecule has 1 saturated heterocycles. The minimum atomic E-state index is -0.193. The van der Waals surface area contributed by atoms with Gasteiger partial charge in [0.15, 0.2) is 0 Å². The molecule has 7 heteroatoms. The fourth-order valence-electron chi connectivity index (χ4n) is 1.80. The summed E-state index contributed by atoms with van der Waals surface area (Å²) in [5.41, 5.74) is 0. The lowest BCUT2D eigenvalue weighted by molar-refractivity contribution is -0.138. The van der Waals surface area contributed by atoms with E-state index in [0.717, 1.165) is 4.90 Å². The smallest absolute Gasteiger partial charge is 0.229 e. The van der Waals surface area contributed by atoms with Crippen LogP contribution in [-0.4, -0.2) is 62.1 Å². The Morgan fingerprint density at radius 2 is 1.80 bits per heavy atom. The van der Waals surface area contributed by atoms with Crippen molar-refractivity contribution in [1.29, 1.82) is 0 Å². The summed E-state index contributed by atoms with van der Waals surface area (Å²) in [7, 11) is 0. The Morgan fingerprint density at radius 1 is 1.15 bits per heavy atom. The number of imide groups is 1. The van der Waals surface area contributed by atoms with Gasteiger partial charge >= 0.3 is 0 Å². The first-order valence-corrected chi connectivity index (χ1v) is 6.90. The predicted molar refractivity (Wildman–Crippen MR) is 70.9 cm³/mol. The molecule has 1 N–H and O–H groups in total. The second kappa shape index (κ2) is 9.44. The van der Waals surface area contributed by atoms with Gasteiger partial charge in [-0.3, -0.25) is 19.3 Å². The molecule has 0 radical (unpaired) electrons. The highest BCUT2D eigenvalue weighted by Crippen LogP contribution is 2.11. The molecule has 0 aromatic carbocycles. The number of carbonyl (C=O) groups is 3. The molecule has 1 heterocycles. The molecule has 114 valence electrons. The molecule has 0 unspecified atom stereocenters. The number of carbonyl (C=O) groups excluding carboxylic acids is 3. The van der Waals surface area contributed by atoms with Crippen molar-refractivity contribution in [3.63, 3.8) is 0 Å². The molecule has 1 fully saturated rings. The predicted octanol–water partition coefficient (Wildman–Crippen LogP) is -0.305. The summed E-state index contributed by atoms with van der Waals surface area (Å²) >= 11 is 0. The van der Waals surface area contributed by atoms with Gasteiger partial charge in [0.2, 0.25) is 17.7 Å². The third-order valence-electron chi connectivity index (χ3n) is 2.86. The molecule has 0 aliphatic carbocycles. The molecule has 0 aromatic heterocycles. The molecule has 0 aromatic rings. The van der Waals surface area contributed by atoms with E-state index in [1.54, 1.807) is 0 Å². The van der Waals surface area contributed by atoms with Crippen molar-refractivity contribution in [3.05, 3.63) is 0 Å². The Labute approximate surface area is 118 Å². The average molecular weight is 286 g/mol. The highest BCUT2D eigenvalue weighted by atomic mass is 16.5. The lowest BCUT2D eigenvalue weighted by Gasteiger charge is -2.13. The lowest BCUT2D eigenvalue weighted by Crippen LogP contribution is -2.35. The molecule has 20 heavy (non-hydrogen) atoms. The third-order valence-corrected chi connectivity index (χ3v) is 2.86. The Balaban J connectivity index is 2.00. The topological polar surface area (TPSA) is 84.9 Å². The van der Waals surface area contributed by atoms with Crippen LogP contribution in [0.2, 0.25) is 0 Å². The van der Waals surface area contributed by atoms with Crippen molar-refractivity contribution in [1.82, 2.24) is 10.2 Å². The number of hydrogen-bond donors (Lipinski definition) is 1. The maximum absolute atomic E-state index is 11.5. The Hall–Kier alpha value is -1.47. The molecule has 1 aliphatic rings. The van der Waals surface area contributed by atoms with Gasteiger partial charge in [0.25, 0.3) is 0 Å². The van der Waals surface area contributed by atoms with Crippen LogP contribution in [0.15, 0.2) is 0 Å². The van der Waals surface area contributed by atoms with Crippen molar-refractivity contribution in [2.45, 2.75) is 26.2 Å². The minimum absolute atomic E-state index is 0.135. The first-order valence-electron chi connectivity index (χ1n) is 6.90. The van der Waals surface area contributed by atoms with E-state index in [1.807, 2.05) is 6.92 Å². The van der Waals surface area contributed by atoms with Crippen LogP contribution >= 0.6 is 0 Å². The SMILES string of the molecule is CCOCCOCCNC(=O)CCN1C(=O)CCC1=O. The summed E-state index contributed by atoms with van der Waals surface area (Å²) in [4.78, 5) is 35.3. The lowest BCUT2D eigenvalue weighted by atomic mass is 10.3. The van der Waals surface area contributed by atoms with E-state index >= 15 is 0 Å².